The van der Waals surface area contributed by atoms with E-state index in [0.29, 0.717) is 5.75 Å². The number of aliphatic hydroxyl groups is 2. The highest BCUT2D eigenvalue weighted by molar-refractivity contribution is 7.09. The van der Waals surface area contributed by atoms with Gasteiger partial charge in [0.15, 0.2) is 0 Å². The highest BCUT2D eigenvalue weighted by Gasteiger charge is 2.35. The highest BCUT2D eigenvalue weighted by Crippen LogP contribution is 2.25. The zero-order valence-electron chi connectivity index (χ0n) is 17.4. The molecule has 0 aliphatic heterocycles. The van der Waals surface area contributed by atoms with E-state index in [0.717, 1.165) is 10.6 Å². The minimum atomic E-state index is -1.23. The van der Waals surface area contributed by atoms with Crippen LogP contribution in [0.25, 0.3) is 5.69 Å². The largest absolute Gasteiger partial charge is 0.484 e. The summed E-state index contributed by atoms with van der Waals surface area (Å²) < 4.78 is 7.41. The van der Waals surface area contributed by atoms with E-state index in [-0.39, 0.29) is 18.4 Å². The lowest BCUT2D eigenvalue weighted by Gasteiger charge is -2.31. The monoisotopic (exact) mass is 469 g/mol. The molecule has 0 fully saturated rings. The molecule has 0 saturated heterocycles. The Morgan fingerprint density at radius 2 is 2.06 bits per heavy atom. The number of nitrogens with zero attached hydrogens (tertiary/aromatic N) is 3. The summed E-state index contributed by atoms with van der Waals surface area (Å²) in [5.41, 5.74) is 6.43. The maximum atomic E-state index is 12.8. The number of hydrogen-bond acceptors (Lipinski definition) is 8. The summed E-state index contributed by atoms with van der Waals surface area (Å²) >= 11 is 1.46. The Bertz CT molecular complexity index is 1110. The molecule has 1 aliphatic rings. The molecule has 2 heterocycles. The van der Waals surface area contributed by atoms with Gasteiger partial charge < -0.3 is 26.0 Å². The second-order valence-corrected chi connectivity index (χ2v) is 8.61. The van der Waals surface area contributed by atoms with Gasteiger partial charge in [-0.15, -0.1) is 11.3 Å². The Kier molecular flexibility index (Phi) is 6.82. The standard InChI is InChI=1S/C22H23N5O5S/c23-21(30)17(10-16-2-1-7-33-16)26-22(31)13-8-18(28)20(29)19(9-13)32-15-5-3-14(4-6-15)27-12-24-11-25-27/h1-7,9,11-12,17-20,28-29H,8,10H2,(H2,23,30)(H,26,31)/t17-,18+,19+,20+/m0/s1. The van der Waals surface area contributed by atoms with Crippen LogP contribution in [0.1, 0.15) is 11.3 Å². The first-order chi connectivity index (χ1) is 15.9. The smallest absolute Gasteiger partial charge is 0.247 e. The van der Waals surface area contributed by atoms with E-state index in [9.17, 15) is 19.8 Å². The number of carbonyl (C=O) groups excluding carboxylic acids is 2. The molecule has 4 rings (SSSR count). The minimum Gasteiger partial charge on any atom is -0.484 e. The molecule has 2 amide bonds. The Hall–Kier alpha value is -3.54. The number of aliphatic hydroxyl groups excluding tert-OH is 2. The lowest BCUT2D eigenvalue weighted by Crippen LogP contribution is -2.49. The topological polar surface area (TPSA) is 153 Å². The fourth-order valence-electron chi connectivity index (χ4n) is 3.48. The molecule has 172 valence electrons. The number of benzene rings is 1. The number of rotatable bonds is 8. The molecule has 0 spiro atoms. The number of nitrogens with one attached hydrogen (secondary N) is 1. The normalized spacial score (nSPS) is 21.2. The summed E-state index contributed by atoms with van der Waals surface area (Å²) in [6, 6.07) is 9.69. The first kappa shape index (κ1) is 22.6. The van der Waals surface area contributed by atoms with Crippen LogP contribution in [-0.4, -0.2) is 61.1 Å². The van der Waals surface area contributed by atoms with Crippen LogP contribution in [-0.2, 0) is 16.0 Å². The molecule has 33 heavy (non-hydrogen) atoms. The number of thiophene rings is 1. The molecular formula is C22H23N5O5S. The van der Waals surface area contributed by atoms with Crippen molar-refractivity contribution in [3.63, 3.8) is 0 Å². The molecule has 0 unspecified atom stereocenters. The number of ether oxygens (including phenoxy) is 1. The van der Waals surface area contributed by atoms with Gasteiger partial charge in [-0.25, -0.2) is 9.67 Å². The predicted molar refractivity (Wildman–Crippen MR) is 120 cm³/mol. The Morgan fingerprint density at radius 3 is 2.70 bits per heavy atom. The number of carbonyl (C=O) groups is 2. The van der Waals surface area contributed by atoms with Crippen molar-refractivity contribution in [1.82, 2.24) is 20.1 Å². The van der Waals surface area contributed by atoms with Crippen LogP contribution < -0.4 is 15.8 Å². The Balaban J connectivity index is 1.46. The van der Waals surface area contributed by atoms with Crippen molar-refractivity contribution >= 4 is 23.2 Å². The van der Waals surface area contributed by atoms with Crippen molar-refractivity contribution in [2.24, 2.45) is 5.73 Å². The summed E-state index contributed by atoms with van der Waals surface area (Å²) in [7, 11) is 0. The van der Waals surface area contributed by atoms with E-state index >= 15 is 0 Å². The van der Waals surface area contributed by atoms with Crippen LogP contribution in [0.3, 0.4) is 0 Å². The van der Waals surface area contributed by atoms with Crippen molar-refractivity contribution in [3.8, 4) is 11.4 Å². The Labute approximate surface area is 193 Å². The number of hydrogen-bond donors (Lipinski definition) is 4. The molecule has 2 aromatic heterocycles. The van der Waals surface area contributed by atoms with Gasteiger partial charge in [0.1, 0.15) is 36.7 Å². The van der Waals surface area contributed by atoms with Gasteiger partial charge in [0, 0.05) is 23.3 Å². The van der Waals surface area contributed by atoms with Crippen molar-refractivity contribution < 1.29 is 24.5 Å². The average Bonchev–Trinajstić information content (AvgIpc) is 3.51. The maximum Gasteiger partial charge on any atom is 0.247 e. The fourth-order valence-corrected chi connectivity index (χ4v) is 4.23. The molecule has 1 aromatic carbocycles. The highest BCUT2D eigenvalue weighted by atomic mass is 32.1. The van der Waals surface area contributed by atoms with Gasteiger partial charge in [0.05, 0.1) is 11.8 Å². The van der Waals surface area contributed by atoms with E-state index in [2.05, 4.69) is 15.4 Å². The Morgan fingerprint density at radius 1 is 1.27 bits per heavy atom. The third kappa shape index (κ3) is 5.45. The molecule has 4 atom stereocenters. The van der Waals surface area contributed by atoms with E-state index < -0.39 is 36.2 Å². The zero-order valence-corrected chi connectivity index (χ0v) is 18.3. The fraction of sp³-hybridized carbons (Fsp3) is 0.273. The van der Waals surface area contributed by atoms with Crippen LogP contribution in [0.4, 0.5) is 0 Å². The third-order valence-corrected chi connectivity index (χ3v) is 6.14. The number of amides is 2. The summed E-state index contributed by atoms with van der Waals surface area (Å²) in [5.74, 6) is -0.772. The van der Waals surface area contributed by atoms with E-state index in [1.165, 1.54) is 23.7 Å². The van der Waals surface area contributed by atoms with Crippen molar-refractivity contribution in [2.45, 2.75) is 37.2 Å². The lowest BCUT2D eigenvalue weighted by molar-refractivity contribution is -0.126. The van der Waals surface area contributed by atoms with Crippen LogP contribution in [0, 0.1) is 0 Å². The van der Waals surface area contributed by atoms with Gasteiger partial charge in [0.2, 0.25) is 11.8 Å². The molecule has 1 aliphatic carbocycles. The quantitative estimate of drug-likeness (QED) is 0.371. The molecule has 11 heteroatoms. The molecule has 10 nitrogen and oxygen atoms in total. The van der Waals surface area contributed by atoms with E-state index in [4.69, 9.17) is 10.5 Å². The van der Waals surface area contributed by atoms with Gasteiger partial charge in [-0.1, -0.05) is 6.07 Å². The summed E-state index contributed by atoms with van der Waals surface area (Å²) in [6.45, 7) is 0. The number of aromatic nitrogens is 3. The van der Waals surface area contributed by atoms with E-state index in [1.807, 2.05) is 17.5 Å². The lowest BCUT2D eigenvalue weighted by atomic mass is 9.91. The van der Waals surface area contributed by atoms with Gasteiger partial charge in [-0.2, -0.15) is 5.10 Å². The molecule has 5 N–H and O–H groups in total. The minimum absolute atomic E-state index is 0.0808. The second-order valence-electron chi connectivity index (χ2n) is 7.58. The second kappa shape index (κ2) is 9.94. The number of primary amides is 1. The number of nitrogens with two attached hydrogens (primary N) is 1. The van der Waals surface area contributed by atoms with Crippen molar-refractivity contribution in [2.75, 3.05) is 0 Å². The average molecular weight is 470 g/mol. The van der Waals surface area contributed by atoms with Crippen LogP contribution in [0.5, 0.6) is 5.75 Å². The van der Waals surface area contributed by atoms with Crippen molar-refractivity contribution in [1.29, 1.82) is 0 Å². The summed E-state index contributed by atoms with van der Waals surface area (Å²) in [4.78, 5) is 29.5. The predicted octanol–water partition coefficient (Wildman–Crippen LogP) is 0.341. The SMILES string of the molecule is NC(=O)[C@H](Cc1cccs1)NC(=O)C1=C[C@@H](Oc2ccc(-n3cncn3)cc2)[C@H](O)[C@H](O)C1. The molecule has 0 bridgehead atoms. The summed E-state index contributed by atoms with van der Waals surface area (Å²) in [6.07, 6.45) is 1.23. The molecule has 3 aromatic rings. The first-order valence-corrected chi connectivity index (χ1v) is 11.1. The maximum absolute atomic E-state index is 12.8. The third-order valence-electron chi connectivity index (χ3n) is 5.24. The van der Waals surface area contributed by atoms with Crippen LogP contribution in [0.15, 0.2) is 66.1 Å². The van der Waals surface area contributed by atoms with Gasteiger partial charge in [-0.05, 0) is 41.8 Å². The first-order valence-electron chi connectivity index (χ1n) is 10.2. The molecule has 0 saturated carbocycles. The molecular weight excluding hydrogens is 446 g/mol. The van der Waals surface area contributed by atoms with Gasteiger partial charge in [0.25, 0.3) is 0 Å². The zero-order chi connectivity index (χ0) is 23.4. The van der Waals surface area contributed by atoms with Crippen molar-refractivity contribution in [3.05, 3.63) is 71.0 Å². The van der Waals surface area contributed by atoms with E-state index in [1.54, 1.807) is 35.3 Å². The molecule has 0 radical (unpaired) electrons. The van der Waals surface area contributed by atoms with Gasteiger partial charge in [-0.3, -0.25) is 9.59 Å². The van der Waals surface area contributed by atoms with Crippen LogP contribution in [0.2, 0.25) is 0 Å². The van der Waals surface area contributed by atoms with Crippen LogP contribution >= 0.6 is 11.3 Å². The van der Waals surface area contributed by atoms with Gasteiger partial charge >= 0.3 is 0 Å². The summed E-state index contributed by atoms with van der Waals surface area (Å²) in [5, 5.41) is 29.3.